The molecule has 1 N–H and O–H groups in total. The maximum atomic E-state index is 14.6. The van der Waals surface area contributed by atoms with E-state index >= 15 is 0 Å². The molecule has 242 valence electrons. The average Bonchev–Trinajstić information content (AvgIpc) is 2.99. The number of hydrogen-bond donors (Lipinski definition) is 1. The summed E-state index contributed by atoms with van der Waals surface area (Å²) in [4.78, 5) is 30.1. The minimum atomic E-state index is -4.24. The van der Waals surface area contributed by atoms with Crippen molar-refractivity contribution in [3.05, 3.63) is 129 Å². The van der Waals surface area contributed by atoms with Gasteiger partial charge in [-0.3, -0.25) is 13.9 Å². The van der Waals surface area contributed by atoms with E-state index in [1.807, 2.05) is 58.0 Å². The van der Waals surface area contributed by atoms with Crippen molar-refractivity contribution in [3.8, 4) is 0 Å². The van der Waals surface area contributed by atoms with Crippen molar-refractivity contribution in [1.82, 2.24) is 10.2 Å². The number of hydrogen-bond acceptors (Lipinski definition) is 4. The molecular formula is C36H39Cl2N3O4S. The lowest BCUT2D eigenvalue weighted by atomic mass is 10.0. The van der Waals surface area contributed by atoms with Crippen molar-refractivity contribution in [2.75, 3.05) is 10.8 Å². The number of sulfonamides is 1. The predicted molar refractivity (Wildman–Crippen MR) is 186 cm³/mol. The van der Waals surface area contributed by atoms with E-state index in [9.17, 15) is 18.0 Å². The van der Waals surface area contributed by atoms with Gasteiger partial charge in [0.25, 0.3) is 10.0 Å². The second-order valence-corrected chi connectivity index (χ2v) is 15.1. The highest BCUT2D eigenvalue weighted by atomic mass is 35.5. The third kappa shape index (κ3) is 9.12. The number of anilines is 1. The van der Waals surface area contributed by atoms with Gasteiger partial charge in [0.15, 0.2) is 0 Å². The Morgan fingerprint density at radius 3 is 2.02 bits per heavy atom. The predicted octanol–water partition coefficient (Wildman–Crippen LogP) is 7.36. The standard InChI is InChI=1S/C36H39Cl2N3O4S/c1-25-11-19-31(20-12-25)46(44,45)41(32-22-30(38)16-13-26(32)2)24-34(42)40(23-28-14-17-29(37)18-15-28)33(35(43)39-36(3,4)5)21-27-9-7-6-8-10-27/h6-20,22,33H,21,23-24H2,1-5H3,(H,39,43). The van der Waals surface area contributed by atoms with Gasteiger partial charge < -0.3 is 10.2 Å². The van der Waals surface area contributed by atoms with Gasteiger partial charge in [0.05, 0.1) is 10.6 Å². The Kier molecular flexibility index (Phi) is 11.2. The fourth-order valence-corrected chi connectivity index (χ4v) is 6.76. The van der Waals surface area contributed by atoms with Gasteiger partial charge in [-0.05, 0) is 87.7 Å². The van der Waals surface area contributed by atoms with Crippen LogP contribution in [0.15, 0.2) is 102 Å². The highest BCUT2D eigenvalue weighted by molar-refractivity contribution is 7.92. The van der Waals surface area contributed by atoms with Crippen LogP contribution in [0.4, 0.5) is 5.69 Å². The molecule has 0 spiro atoms. The van der Waals surface area contributed by atoms with Crippen LogP contribution in [-0.4, -0.2) is 43.3 Å². The normalized spacial score (nSPS) is 12.3. The average molecular weight is 681 g/mol. The fraction of sp³-hybridized carbons (Fsp3) is 0.278. The number of rotatable bonds is 11. The van der Waals surface area contributed by atoms with Gasteiger partial charge in [-0.25, -0.2) is 8.42 Å². The van der Waals surface area contributed by atoms with Gasteiger partial charge in [-0.1, -0.05) is 89.4 Å². The lowest BCUT2D eigenvalue weighted by Gasteiger charge is -2.35. The van der Waals surface area contributed by atoms with Crippen molar-refractivity contribution >= 4 is 50.7 Å². The molecule has 4 aromatic rings. The molecular weight excluding hydrogens is 641 g/mol. The number of carbonyl (C=O) groups is 2. The zero-order valence-electron chi connectivity index (χ0n) is 26.6. The molecule has 0 bridgehead atoms. The van der Waals surface area contributed by atoms with Crippen LogP contribution in [0.3, 0.4) is 0 Å². The minimum Gasteiger partial charge on any atom is -0.350 e. The molecule has 0 heterocycles. The first-order valence-corrected chi connectivity index (χ1v) is 17.1. The lowest BCUT2D eigenvalue weighted by molar-refractivity contribution is -0.140. The minimum absolute atomic E-state index is 0.0286. The summed E-state index contributed by atoms with van der Waals surface area (Å²) in [5, 5.41) is 3.88. The molecule has 4 rings (SSSR count). The molecule has 0 aliphatic carbocycles. The van der Waals surface area contributed by atoms with E-state index in [0.717, 1.165) is 21.0 Å². The summed E-state index contributed by atoms with van der Waals surface area (Å²) in [6, 6.07) is 26.8. The molecule has 0 radical (unpaired) electrons. The lowest BCUT2D eigenvalue weighted by Crippen LogP contribution is -2.56. The van der Waals surface area contributed by atoms with Crippen molar-refractivity contribution in [2.45, 2.75) is 64.1 Å². The number of halogens is 2. The van der Waals surface area contributed by atoms with Gasteiger partial charge >= 0.3 is 0 Å². The zero-order valence-corrected chi connectivity index (χ0v) is 29.0. The SMILES string of the molecule is Cc1ccc(S(=O)(=O)N(CC(=O)N(Cc2ccc(Cl)cc2)C(Cc2ccccc2)C(=O)NC(C)(C)C)c2cc(Cl)ccc2C)cc1. The summed E-state index contributed by atoms with van der Waals surface area (Å²) >= 11 is 12.5. The molecule has 0 saturated carbocycles. The van der Waals surface area contributed by atoms with Gasteiger partial charge in [-0.15, -0.1) is 0 Å². The molecule has 0 fully saturated rings. The van der Waals surface area contributed by atoms with Crippen LogP contribution in [0, 0.1) is 13.8 Å². The molecule has 10 heteroatoms. The van der Waals surface area contributed by atoms with Crippen LogP contribution in [0.5, 0.6) is 0 Å². The number of aryl methyl sites for hydroxylation is 2. The van der Waals surface area contributed by atoms with Crippen LogP contribution in [0.25, 0.3) is 0 Å². The van der Waals surface area contributed by atoms with Crippen molar-refractivity contribution in [3.63, 3.8) is 0 Å². The maximum absolute atomic E-state index is 14.6. The molecule has 0 saturated heterocycles. The van der Waals surface area contributed by atoms with Gasteiger partial charge in [0.2, 0.25) is 11.8 Å². The molecule has 4 aromatic carbocycles. The topological polar surface area (TPSA) is 86.8 Å². The smallest absolute Gasteiger partial charge is 0.264 e. The highest BCUT2D eigenvalue weighted by Crippen LogP contribution is 2.30. The van der Waals surface area contributed by atoms with Gasteiger partial charge in [0.1, 0.15) is 12.6 Å². The third-order valence-corrected chi connectivity index (χ3v) is 9.62. The van der Waals surface area contributed by atoms with Crippen molar-refractivity contribution in [2.24, 2.45) is 0 Å². The van der Waals surface area contributed by atoms with Crippen LogP contribution < -0.4 is 9.62 Å². The van der Waals surface area contributed by atoms with Crippen molar-refractivity contribution in [1.29, 1.82) is 0 Å². The second-order valence-electron chi connectivity index (χ2n) is 12.3. The van der Waals surface area contributed by atoms with E-state index in [-0.39, 0.29) is 29.5 Å². The Labute approximate surface area is 282 Å². The summed E-state index contributed by atoms with van der Waals surface area (Å²) in [5.74, 6) is -0.916. The van der Waals surface area contributed by atoms with E-state index < -0.39 is 34.1 Å². The molecule has 0 aliphatic rings. The number of nitrogens with one attached hydrogen (secondary N) is 1. The molecule has 2 amide bonds. The van der Waals surface area contributed by atoms with Crippen LogP contribution in [-0.2, 0) is 32.6 Å². The maximum Gasteiger partial charge on any atom is 0.264 e. The molecule has 0 aliphatic heterocycles. The van der Waals surface area contributed by atoms with Crippen LogP contribution in [0.2, 0.25) is 10.0 Å². The number of carbonyl (C=O) groups excluding carboxylic acids is 2. The first-order chi connectivity index (χ1) is 21.6. The van der Waals surface area contributed by atoms with E-state index in [1.165, 1.54) is 23.1 Å². The van der Waals surface area contributed by atoms with E-state index in [0.29, 0.717) is 15.6 Å². The fourth-order valence-electron chi connectivity index (χ4n) is 5.00. The third-order valence-electron chi connectivity index (χ3n) is 7.36. The Morgan fingerprint density at radius 1 is 0.804 bits per heavy atom. The molecule has 0 aromatic heterocycles. The first-order valence-electron chi connectivity index (χ1n) is 14.9. The van der Waals surface area contributed by atoms with Gasteiger partial charge in [0, 0.05) is 28.5 Å². The zero-order chi connectivity index (χ0) is 33.6. The summed E-state index contributed by atoms with van der Waals surface area (Å²) in [7, 11) is -4.24. The first kappa shape index (κ1) is 35.0. The molecule has 1 atom stereocenters. The molecule has 46 heavy (non-hydrogen) atoms. The monoisotopic (exact) mass is 679 g/mol. The quantitative estimate of drug-likeness (QED) is 0.179. The Balaban J connectivity index is 1.84. The van der Waals surface area contributed by atoms with E-state index in [2.05, 4.69) is 5.32 Å². The summed E-state index contributed by atoms with van der Waals surface area (Å²) in [6.45, 7) is 8.70. The Bertz CT molecular complexity index is 1770. The highest BCUT2D eigenvalue weighted by Gasteiger charge is 2.36. The summed E-state index contributed by atoms with van der Waals surface area (Å²) in [5.41, 5.74) is 2.77. The van der Waals surface area contributed by atoms with Crippen LogP contribution in [0.1, 0.15) is 43.0 Å². The number of amides is 2. The van der Waals surface area contributed by atoms with E-state index in [4.69, 9.17) is 23.2 Å². The largest absolute Gasteiger partial charge is 0.350 e. The number of nitrogens with zero attached hydrogens (tertiary/aromatic N) is 2. The second kappa shape index (κ2) is 14.7. The molecule has 1 unspecified atom stereocenters. The summed E-state index contributed by atoms with van der Waals surface area (Å²) < 4.78 is 29.6. The molecule has 7 nitrogen and oxygen atoms in total. The Hall–Kier alpha value is -3.85. The Morgan fingerprint density at radius 2 is 1.41 bits per heavy atom. The van der Waals surface area contributed by atoms with Crippen molar-refractivity contribution < 1.29 is 18.0 Å². The van der Waals surface area contributed by atoms with Gasteiger partial charge in [-0.2, -0.15) is 0 Å². The number of benzene rings is 4. The summed E-state index contributed by atoms with van der Waals surface area (Å²) in [6.07, 6.45) is 0.211. The van der Waals surface area contributed by atoms with E-state index in [1.54, 1.807) is 55.5 Å². The van der Waals surface area contributed by atoms with Crippen LogP contribution >= 0.6 is 23.2 Å².